The summed E-state index contributed by atoms with van der Waals surface area (Å²) in [7, 11) is 3.63. The Kier molecular flexibility index (Phi) is 7.10. The van der Waals surface area contributed by atoms with Crippen LogP contribution in [-0.2, 0) is 0 Å². The van der Waals surface area contributed by atoms with Gasteiger partial charge in [-0.25, -0.2) is 4.68 Å². The fraction of sp³-hybridized carbons (Fsp3) is 0.250. The SMILES string of the molecule is CNCCN(C)C(=O)c1nnn(-c2ccc(-c3ccccc3)cc2)c1C.Cl. The number of carbonyl (C=O) groups is 1. The standard InChI is InChI=1S/C20H23N5O.ClH/c1-15-19(20(26)24(3)14-13-21-2)22-23-25(15)18-11-9-17(10-12-18)16-7-5-4-6-8-16;/h4-12,21H,13-14H2,1-3H3;1H. The molecule has 0 radical (unpaired) electrons. The molecule has 6 nitrogen and oxygen atoms in total. The number of benzene rings is 2. The summed E-state index contributed by atoms with van der Waals surface area (Å²) in [6, 6.07) is 18.3. The van der Waals surface area contributed by atoms with Gasteiger partial charge in [0.05, 0.1) is 11.4 Å². The molecule has 0 bridgehead atoms. The van der Waals surface area contributed by atoms with E-state index in [1.165, 1.54) is 0 Å². The lowest BCUT2D eigenvalue weighted by Gasteiger charge is -2.15. The van der Waals surface area contributed by atoms with Crippen LogP contribution in [0.5, 0.6) is 0 Å². The van der Waals surface area contributed by atoms with Crippen LogP contribution in [0.1, 0.15) is 16.2 Å². The van der Waals surface area contributed by atoms with E-state index in [-0.39, 0.29) is 18.3 Å². The van der Waals surface area contributed by atoms with Crippen LogP contribution in [0.15, 0.2) is 54.6 Å². The molecule has 0 fully saturated rings. The van der Waals surface area contributed by atoms with Gasteiger partial charge < -0.3 is 10.2 Å². The molecule has 2 aromatic carbocycles. The first-order valence-electron chi connectivity index (χ1n) is 8.60. The molecule has 0 spiro atoms. The topological polar surface area (TPSA) is 63.1 Å². The van der Waals surface area contributed by atoms with Gasteiger partial charge in [-0.3, -0.25) is 4.79 Å². The van der Waals surface area contributed by atoms with E-state index in [1.54, 1.807) is 16.6 Å². The van der Waals surface area contributed by atoms with Crippen molar-refractivity contribution in [3.63, 3.8) is 0 Å². The van der Waals surface area contributed by atoms with Crippen LogP contribution in [0.4, 0.5) is 0 Å². The molecule has 0 unspecified atom stereocenters. The Morgan fingerprint density at radius 1 is 1.07 bits per heavy atom. The van der Waals surface area contributed by atoms with Gasteiger partial charge in [0.15, 0.2) is 5.69 Å². The van der Waals surface area contributed by atoms with Gasteiger partial charge in [0.2, 0.25) is 0 Å². The van der Waals surface area contributed by atoms with Crippen LogP contribution < -0.4 is 5.32 Å². The first-order valence-corrected chi connectivity index (χ1v) is 8.60. The largest absolute Gasteiger partial charge is 0.339 e. The number of likely N-dealkylation sites (N-methyl/N-ethyl adjacent to an activating group) is 2. The Morgan fingerprint density at radius 3 is 2.33 bits per heavy atom. The first kappa shape index (κ1) is 20.6. The van der Waals surface area contributed by atoms with Gasteiger partial charge in [0.1, 0.15) is 0 Å². The Hall–Kier alpha value is -2.70. The molecule has 0 aliphatic heterocycles. The molecule has 0 saturated carbocycles. The van der Waals surface area contributed by atoms with Gasteiger partial charge in [-0.1, -0.05) is 47.7 Å². The third kappa shape index (κ3) is 4.53. The minimum atomic E-state index is -0.120. The van der Waals surface area contributed by atoms with Crippen molar-refractivity contribution in [2.75, 3.05) is 27.2 Å². The van der Waals surface area contributed by atoms with Gasteiger partial charge in [0.25, 0.3) is 5.91 Å². The van der Waals surface area contributed by atoms with Crippen molar-refractivity contribution < 1.29 is 4.79 Å². The minimum absolute atomic E-state index is 0. The summed E-state index contributed by atoms with van der Waals surface area (Å²) in [5, 5.41) is 11.3. The average molecular weight is 386 g/mol. The molecule has 1 aromatic heterocycles. The van der Waals surface area contributed by atoms with Gasteiger partial charge in [0, 0.05) is 20.1 Å². The van der Waals surface area contributed by atoms with Gasteiger partial charge in [-0.2, -0.15) is 0 Å². The Balaban J connectivity index is 0.00000261. The molecule has 3 rings (SSSR count). The molecule has 0 atom stereocenters. The molecular formula is C20H24ClN5O. The maximum absolute atomic E-state index is 12.5. The number of nitrogens with one attached hydrogen (secondary N) is 1. The number of halogens is 1. The normalized spacial score (nSPS) is 10.3. The number of nitrogens with zero attached hydrogens (tertiary/aromatic N) is 4. The molecule has 7 heteroatoms. The number of aromatic nitrogens is 3. The fourth-order valence-corrected chi connectivity index (χ4v) is 2.76. The van der Waals surface area contributed by atoms with E-state index in [2.05, 4.69) is 27.8 Å². The van der Waals surface area contributed by atoms with E-state index in [0.29, 0.717) is 12.2 Å². The predicted octanol–water partition coefficient (Wildman–Crippen LogP) is 2.96. The molecule has 1 heterocycles. The van der Waals surface area contributed by atoms with E-state index in [1.807, 2.05) is 56.4 Å². The van der Waals surface area contributed by atoms with Crippen molar-refractivity contribution in [1.82, 2.24) is 25.2 Å². The summed E-state index contributed by atoms with van der Waals surface area (Å²) in [5.74, 6) is -0.120. The first-order chi connectivity index (χ1) is 12.6. The summed E-state index contributed by atoms with van der Waals surface area (Å²) in [4.78, 5) is 14.2. The number of amides is 1. The number of rotatable bonds is 6. The minimum Gasteiger partial charge on any atom is -0.339 e. The van der Waals surface area contributed by atoms with Crippen LogP contribution in [0, 0.1) is 6.92 Å². The third-order valence-electron chi connectivity index (χ3n) is 4.36. The van der Waals surface area contributed by atoms with E-state index in [9.17, 15) is 4.79 Å². The van der Waals surface area contributed by atoms with E-state index < -0.39 is 0 Å². The Bertz CT molecular complexity index is 877. The maximum atomic E-state index is 12.5. The van der Waals surface area contributed by atoms with Crippen LogP contribution in [0.3, 0.4) is 0 Å². The molecule has 142 valence electrons. The van der Waals surface area contributed by atoms with E-state index in [0.717, 1.165) is 29.1 Å². The second kappa shape index (κ2) is 9.30. The molecular weight excluding hydrogens is 362 g/mol. The fourth-order valence-electron chi connectivity index (χ4n) is 2.76. The van der Waals surface area contributed by atoms with Crippen molar-refractivity contribution in [3.05, 3.63) is 66.0 Å². The van der Waals surface area contributed by atoms with E-state index >= 15 is 0 Å². The zero-order chi connectivity index (χ0) is 18.5. The van der Waals surface area contributed by atoms with Crippen molar-refractivity contribution in [2.24, 2.45) is 0 Å². The molecule has 1 amide bonds. The number of carbonyl (C=O) groups excluding carboxylic acids is 1. The highest BCUT2D eigenvalue weighted by Crippen LogP contribution is 2.21. The monoisotopic (exact) mass is 385 g/mol. The van der Waals surface area contributed by atoms with Crippen LogP contribution in [-0.4, -0.2) is 53.0 Å². The highest BCUT2D eigenvalue weighted by Gasteiger charge is 2.20. The van der Waals surface area contributed by atoms with Crippen LogP contribution >= 0.6 is 12.4 Å². The Labute approximate surface area is 165 Å². The molecule has 1 N–H and O–H groups in total. The highest BCUT2D eigenvalue weighted by atomic mass is 35.5. The van der Waals surface area contributed by atoms with Gasteiger partial charge in [-0.05, 0) is 37.2 Å². The summed E-state index contributed by atoms with van der Waals surface area (Å²) in [6.07, 6.45) is 0. The lowest BCUT2D eigenvalue weighted by atomic mass is 10.1. The molecule has 0 aliphatic rings. The number of hydrogen-bond acceptors (Lipinski definition) is 4. The highest BCUT2D eigenvalue weighted by molar-refractivity contribution is 5.93. The molecule has 3 aromatic rings. The van der Waals surface area contributed by atoms with Gasteiger partial charge >= 0.3 is 0 Å². The second-order valence-electron chi connectivity index (χ2n) is 6.18. The van der Waals surface area contributed by atoms with Crippen molar-refractivity contribution in [1.29, 1.82) is 0 Å². The van der Waals surface area contributed by atoms with Crippen molar-refractivity contribution in [2.45, 2.75) is 6.92 Å². The van der Waals surface area contributed by atoms with Crippen molar-refractivity contribution >= 4 is 18.3 Å². The third-order valence-corrected chi connectivity index (χ3v) is 4.36. The molecule has 0 saturated heterocycles. The van der Waals surface area contributed by atoms with E-state index in [4.69, 9.17) is 0 Å². The lowest BCUT2D eigenvalue weighted by molar-refractivity contribution is 0.0790. The molecule has 0 aliphatic carbocycles. The summed E-state index contributed by atoms with van der Waals surface area (Å²) >= 11 is 0. The zero-order valence-corrected chi connectivity index (χ0v) is 16.5. The molecule has 27 heavy (non-hydrogen) atoms. The predicted molar refractivity (Wildman–Crippen MR) is 110 cm³/mol. The quantitative estimate of drug-likeness (QED) is 0.708. The Morgan fingerprint density at radius 2 is 1.70 bits per heavy atom. The lowest BCUT2D eigenvalue weighted by Crippen LogP contribution is -2.33. The zero-order valence-electron chi connectivity index (χ0n) is 15.7. The summed E-state index contributed by atoms with van der Waals surface area (Å²) < 4.78 is 1.70. The summed E-state index contributed by atoms with van der Waals surface area (Å²) in [6.45, 7) is 3.22. The average Bonchev–Trinajstić information content (AvgIpc) is 3.07. The van der Waals surface area contributed by atoms with Crippen molar-refractivity contribution in [3.8, 4) is 16.8 Å². The maximum Gasteiger partial charge on any atom is 0.276 e. The van der Waals surface area contributed by atoms with Gasteiger partial charge in [-0.15, -0.1) is 17.5 Å². The second-order valence-corrected chi connectivity index (χ2v) is 6.18. The summed E-state index contributed by atoms with van der Waals surface area (Å²) in [5.41, 5.74) is 4.30. The smallest absolute Gasteiger partial charge is 0.276 e. The van der Waals surface area contributed by atoms with Crippen LogP contribution in [0.25, 0.3) is 16.8 Å². The number of hydrogen-bond donors (Lipinski definition) is 1. The van der Waals surface area contributed by atoms with Crippen LogP contribution in [0.2, 0.25) is 0 Å².